The van der Waals surface area contributed by atoms with E-state index in [0.29, 0.717) is 12.2 Å². The van der Waals surface area contributed by atoms with Crippen molar-refractivity contribution in [3.63, 3.8) is 0 Å². The van der Waals surface area contributed by atoms with Gasteiger partial charge in [0.2, 0.25) is 11.8 Å². The molecule has 1 atom stereocenters. The number of carbonyl (C=O) groups excluding carboxylic acids is 2. The summed E-state index contributed by atoms with van der Waals surface area (Å²) in [6, 6.07) is 5.77. The van der Waals surface area contributed by atoms with Crippen LogP contribution in [-0.2, 0) is 19.9 Å². The molecule has 1 saturated heterocycles. The Morgan fingerprint density at radius 2 is 2.00 bits per heavy atom. The highest BCUT2D eigenvalue weighted by molar-refractivity contribution is 6.03. The van der Waals surface area contributed by atoms with Crippen molar-refractivity contribution in [3.8, 4) is 0 Å². The van der Waals surface area contributed by atoms with Crippen LogP contribution in [0.15, 0.2) is 30.6 Å². The first kappa shape index (κ1) is 19.6. The van der Waals surface area contributed by atoms with Gasteiger partial charge in [0.15, 0.2) is 5.54 Å². The number of aromatic nitrogens is 2. The predicted molar refractivity (Wildman–Crippen MR) is 104 cm³/mol. The van der Waals surface area contributed by atoms with Crippen LogP contribution in [0.4, 0.5) is 11.4 Å². The molecule has 8 heteroatoms. The summed E-state index contributed by atoms with van der Waals surface area (Å²) < 4.78 is 1.28. The normalized spacial score (nSPS) is 17.1. The number of aryl methyl sites for hydroxylation is 1. The lowest BCUT2D eigenvalue weighted by Crippen LogP contribution is -2.36. The van der Waals surface area contributed by atoms with E-state index in [4.69, 9.17) is 0 Å². The van der Waals surface area contributed by atoms with Crippen molar-refractivity contribution in [1.29, 1.82) is 0 Å². The SMILES string of the molecule is Cc1cccc(N2CC(C(=O)Nc3cnn(C(C)(C)C(=O)O)c3)CC2=O)c1C. The molecule has 0 spiro atoms. The monoisotopic (exact) mass is 384 g/mol. The second kappa shape index (κ2) is 7.10. The highest BCUT2D eigenvalue weighted by Crippen LogP contribution is 2.30. The van der Waals surface area contributed by atoms with E-state index in [0.717, 1.165) is 16.8 Å². The number of nitrogens with zero attached hydrogens (tertiary/aromatic N) is 3. The molecule has 1 fully saturated rings. The third kappa shape index (κ3) is 3.49. The number of aliphatic carboxylic acids is 1. The molecule has 3 rings (SSSR count). The van der Waals surface area contributed by atoms with E-state index in [2.05, 4.69) is 10.4 Å². The quantitative estimate of drug-likeness (QED) is 0.823. The molecule has 1 unspecified atom stereocenters. The zero-order valence-electron chi connectivity index (χ0n) is 16.4. The first-order valence-corrected chi connectivity index (χ1v) is 9.07. The van der Waals surface area contributed by atoms with Crippen LogP contribution in [0.25, 0.3) is 0 Å². The van der Waals surface area contributed by atoms with Gasteiger partial charge < -0.3 is 15.3 Å². The molecule has 0 radical (unpaired) electrons. The van der Waals surface area contributed by atoms with Gasteiger partial charge in [0.25, 0.3) is 0 Å². The molecule has 8 nitrogen and oxygen atoms in total. The summed E-state index contributed by atoms with van der Waals surface area (Å²) in [6.45, 7) is 7.30. The Kier molecular flexibility index (Phi) is 4.97. The van der Waals surface area contributed by atoms with Gasteiger partial charge in [-0.1, -0.05) is 12.1 Å². The Hall–Kier alpha value is -3.16. The zero-order valence-corrected chi connectivity index (χ0v) is 16.4. The van der Waals surface area contributed by atoms with Crippen molar-refractivity contribution in [3.05, 3.63) is 41.7 Å². The average molecular weight is 384 g/mol. The number of rotatable bonds is 5. The highest BCUT2D eigenvalue weighted by Gasteiger charge is 2.36. The number of anilines is 2. The number of carboxylic acid groups (broad SMARTS) is 1. The fourth-order valence-corrected chi connectivity index (χ4v) is 3.18. The van der Waals surface area contributed by atoms with E-state index in [1.54, 1.807) is 4.90 Å². The smallest absolute Gasteiger partial charge is 0.331 e. The lowest BCUT2D eigenvalue weighted by Gasteiger charge is -2.20. The molecule has 1 aliphatic rings. The maximum absolute atomic E-state index is 12.6. The Bertz CT molecular complexity index is 947. The third-order valence-corrected chi connectivity index (χ3v) is 5.31. The van der Waals surface area contributed by atoms with Crippen LogP contribution in [0.5, 0.6) is 0 Å². The molecule has 2 amide bonds. The van der Waals surface area contributed by atoms with Gasteiger partial charge in [0.05, 0.1) is 17.8 Å². The van der Waals surface area contributed by atoms with E-state index in [1.807, 2.05) is 32.0 Å². The van der Waals surface area contributed by atoms with E-state index in [-0.39, 0.29) is 18.2 Å². The number of benzene rings is 1. The average Bonchev–Trinajstić information content (AvgIpc) is 3.24. The lowest BCUT2D eigenvalue weighted by atomic mass is 10.1. The fraction of sp³-hybridized carbons (Fsp3) is 0.400. The standard InChI is InChI=1S/C20H24N4O4/c1-12-6-5-7-16(13(12)2)23-10-14(8-17(23)25)18(26)22-15-9-21-24(11-15)20(3,4)19(27)28/h5-7,9,11,14H,8,10H2,1-4H3,(H,22,26)(H,27,28). The number of hydrogen-bond acceptors (Lipinski definition) is 4. The Morgan fingerprint density at radius 3 is 2.68 bits per heavy atom. The maximum atomic E-state index is 12.6. The number of nitrogens with one attached hydrogen (secondary N) is 1. The molecule has 1 aliphatic heterocycles. The van der Waals surface area contributed by atoms with Gasteiger partial charge in [-0.3, -0.25) is 14.3 Å². The Labute approximate surface area is 163 Å². The molecular formula is C20H24N4O4. The van der Waals surface area contributed by atoms with Crippen LogP contribution < -0.4 is 10.2 Å². The Morgan fingerprint density at radius 1 is 1.29 bits per heavy atom. The summed E-state index contributed by atoms with van der Waals surface area (Å²) in [7, 11) is 0. The van der Waals surface area contributed by atoms with Crippen LogP contribution in [-0.4, -0.2) is 39.2 Å². The van der Waals surface area contributed by atoms with Crippen LogP contribution >= 0.6 is 0 Å². The molecule has 28 heavy (non-hydrogen) atoms. The molecule has 0 aliphatic carbocycles. The van der Waals surface area contributed by atoms with Crippen LogP contribution in [0, 0.1) is 19.8 Å². The maximum Gasteiger partial charge on any atom is 0.331 e. The van der Waals surface area contributed by atoms with Crippen molar-refractivity contribution in [2.24, 2.45) is 5.92 Å². The van der Waals surface area contributed by atoms with Gasteiger partial charge in [-0.05, 0) is 44.9 Å². The highest BCUT2D eigenvalue weighted by atomic mass is 16.4. The van der Waals surface area contributed by atoms with Gasteiger partial charge >= 0.3 is 5.97 Å². The minimum absolute atomic E-state index is 0.0865. The molecule has 0 saturated carbocycles. The molecule has 2 aromatic rings. The summed E-state index contributed by atoms with van der Waals surface area (Å²) in [4.78, 5) is 38.1. The Balaban J connectivity index is 1.71. The first-order chi connectivity index (χ1) is 13.1. The summed E-state index contributed by atoms with van der Waals surface area (Å²) in [5.41, 5.74) is 2.11. The van der Waals surface area contributed by atoms with E-state index in [1.165, 1.54) is 30.9 Å². The van der Waals surface area contributed by atoms with Crippen molar-refractivity contribution in [1.82, 2.24) is 9.78 Å². The summed E-state index contributed by atoms with van der Waals surface area (Å²) in [5, 5.41) is 16.0. The van der Waals surface area contributed by atoms with Crippen molar-refractivity contribution >= 4 is 29.2 Å². The van der Waals surface area contributed by atoms with Gasteiger partial charge in [-0.15, -0.1) is 0 Å². The number of amides is 2. The molecule has 2 heterocycles. The third-order valence-electron chi connectivity index (χ3n) is 5.31. The second-order valence-electron chi connectivity index (χ2n) is 7.65. The fourth-order valence-electron chi connectivity index (χ4n) is 3.18. The van der Waals surface area contributed by atoms with Crippen molar-refractivity contribution < 1.29 is 19.5 Å². The minimum Gasteiger partial charge on any atom is -0.479 e. The van der Waals surface area contributed by atoms with Gasteiger partial charge in [0.1, 0.15) is 0 Å². The first-order valence-electron chi connectivity index (χ1n) is 9.07. The van der Waals surface area contributed by atoms with Crippen LogP contribution in [0.1, 0.15) is 31.4 Å². The summed E-state index contributed by atoms with van der Waals surface area (Å²) >= 11 is 0. The van der Waals surface area contributed by atoms with Crippen LogP contribution in [0.2, 0.25) is 0 Å². The molecule has 1 aromatic heterocycles. The minimum atomic E-state index is -1.23. The number of hydrogen-bond donors (Lipinski definition) is 2. The predicted octanol–water partition coefficient (Wildman–Crippen LogP) is 2.31. The topological polar surface area (TPSA) is 105 Å². The molecule has 0 bridgehead atoms. The van der Waals surface area contributed by atoms with Crippen molar-refractivity contribution in [2.45, 2.75) is 39.7 Å². The van der Waals surface area contributed by atoms with Gasteiger partial charge in [-0.2, -0.15) is 5.10 Å². The second-order valence-corrected chi connectivity index (χ2v) is 7.65. The summed E-state index contributed by atoms with van der Waals surface area (Å²) in [6.07, 6.45) is 3.01. The van der Waals surface area contributed by atoms with Crippen LogP contribution in [0.3, 0.4) is 0 Å². The van der Waals surface area contributed by atoms with E-state index >= 15 is 0 Å². The van der Waals surface area contributed by atoms with Gasteiger partial charge in [0, 0.05) is 24.8 Å². The number of carbonyl (C=O) groups is 3. The van der Waals surface area contributed by atoms with Gasteiger partial charge in [-0.25, -0.2) is 4.79 Å². The molecule has 2 N–H and O–H groups in total. The molecule has 1 aromatic carbocycles. The largest absolute Gasteiger partial charge is 0.479 e. The number of carboxylic acids is 1. The summed E-state index contributed by atoms with van der Waals surface area (Å²) in [5.74, 6) is -1.88. The molecule has 148 valence electrons. The zero-order chi connectivity index (χ0) is 20.6. The lowest BCUT2D eigenvalue weighted by molar-refractivity contribution is -0.146. The van der Waals surface area contributed by atoms with E-state index in [9.17, 15) is 19.5 Å². The molecular weight excluding hydrogens is 360 g/mol. The van der Waals surface area contributed by atoms with E-state index < -0.39 is 17.4 Å². The van der Waals surface area contributed by atoms with Crippen molar-refractivity contribution in [2.75, 3.05) is 16.8 Å².